The van der Waals surface area contributed by atoms with Crippen molar-refractivity contribution in [1.29, 1.82) is 0 Å². The predicted octanol–water partition coefficient (Wildman–Crippen LogP) is 3.12. The van der Waals surface area contributed by atoms with E-state index in [-0.39, 0.29) is 5.97 Å². The molecular weight excluding hydrogens is 264 g/mol. The second-order valence-electron chi connectivity index (χ2n) is 3.72. The summed E-state index contributed by atoms with van der Waals surface area (Å²) in [5, 5.41) is 0. The van der Waals surface area contributed by atoms with E-state index in [1.54, 1.807) is 13.2 Å². The molecule has 4 nitrogen and oxygen atoms in total. The fourth-order valence-electron chi connectivity index (χ4n) is 1.49. The molecule has 2 aromatic rings. The predicted molar refractivity (Wildman–Crippen MR) is 73.0 cm³/mol. The van der Waals surface area contributed by atoms with Crippen molar-refractivity contribution in [1.82, 2.24) is 0 Å². The smallest absolute Gasteiger partial charge is 0.348 e. The highest BCUT2D eigenvalue weighted by Gasteiger charge is 2.09. The lowest BCUT2D eigenvalue weighted by molar-refractivity contribution is 0.0606. The zero-order valence-corrected chi connectivity index (χ0v) is 11.5. The van der Waals surface area contributed by atoms with E-state index in [1.165, 1.54) is 18.4 Å². The monoisotopic (exact) mass is 278 g/mol. The Hall–Kier alpha value is -2.01. The van der Waals surface area contributed by atoms with Gasteiger partial charge in [-0.15, -0.1) is 11.3 Å². The van der Waals surface area contributed by atoms with Crippen LogP contribution in [0.2, 0.25) is 0 Å². The third-order valence-corrected chi connectivity index (χ3v) is 3.53. The summed E-state index contributed by atoms with van der Waals surface area (Å²) in [5.41, 5.74) is 0. The largest absolute Gasteiger partial charge is 0.497 e. The van der Waals surface area contributed by atoms with Gasteiger partial charge in [-0.05, 0) is 36.4 Å². The molecule has 1 aromatic heterocycles. The minimum atomic E-state index is -0.319. The Morgan fingerprint density at radius 2 is 1.74 bits per heavy atom. The Balaban J connectivity index is 1.94. The maximum atomic E-state index is 11.3. The molecule has 19 heavy (non-hydrogen) atoms. The van der Waals surface area contributed by atoms with Crippen LogP contribution >= 0.6 is 11.3 Å². The lowest BCUT2D eigenvalue weighted by Gasteiger charge is -2.05. The maximum Gasteiger partial charge on any atom is 0.348 e. The molecule has 100 valence electrons. The lowest BCUT2D eigenvalue weighted by Crippen LogP contribution is -1.97. The fraction of sp³-hybridized carbons (Fsp3) is 0.214. The van der Waals surface area contributed by atoms with Crippen molar-refractivity contribution in [3.05, 3.63) is 46.2 Å². The number of thiophene rings is 1. The molecule has 1 aromatic carbocycles. The Labute approximate surface area is 115 Å². The first-order valence-corrected chi connectivity index (χ1v) is 6.48. The standard InChI is InChI=1S/C14H14O4S/c1-16-10-3-5-11(6-4-10)18-9-12-7-8-13(19-12)14(15)17-2/h3-8H,9H2,1-2H3. The molecule has 0 unspecified atom stereocenters. The molecule has 0 aliphatic rings. The Morgan fingerprint density at radius 3 is 2.37 bits per heavy atom. The van der Waals surface area contributed by atoms with Gasteiger partial charge in [0.05, 0.1) is 14.2 Å². The van der Waals surface area contributed by atoms with Crippen molar-refractivity contribution in [3.8, 4) is 11.5 Å². The van der Waals surface area contributed by atoms with Crippen molar-refractivity contribution in [2.45, 2.75) is 6.61 Å². The summed E-state index contributed by atoms with van der Waals surface area (Å²) in [6, 6.07) is 11.0. The molecule has 0 saturated heterocycles. The van der Waals surface area contributed by atoms with E-state index < -0.39 is 0 Å². The van der Waals surface area contributed by atoms with Crippen LogP contribution in [0.15, 0.2) is 36.4 Å². The third kappa shape index (κ3) is 3.48. The average molecular weight is 278 g/mol. The number of hydrogen-bond donors (Lipinski definition) is 0. The van der Waals surface area contributed by atoms with Gasteiger partial charge >= 0.3 is 5.97 Å². The van der Waals surface area contributed by atoms with E-state index in [1.807, 2.05) is 30.3 Å². The minimum absolute atomic E-state index is 0.319. The van der Waals surface area contributed by atoms with Crippen LogP contribution in [0.1, 0.15) is 14.5 Å². The van der Waals surface area contributed by atoms with Crippen LogP contribution in [0.4, 0.5) is 0 Å². The molecule has 0 N–H and O–H groups in total. The van der Waals surface area contributed by atoms with Gasteiger partial charge in [-0.25, -0.2) is 4.79 Å². The van der Waals surface area contributed by atoms with E-state index >= 15 is 0 Å². The molecule has 0 aliphatic carbocycles. The van der Waals surface area contributed by atoms with Gasteiger partial charge in [0.15, 0.2) is 0 Å². The number of carbonyl (C=O) groups excluding carboxylic acids is 1. The van der Waals surface area contributed by atoms with Crippen LogP contribution in [0, 0.1) is 0 Å². The summed E-state index contributed by atoms with van der Waals surface area (Å²) < 4.78 is 15.3. The van der Waals surface area contributed by atoms with Crippen molar-refractivity contribution >= 4 is 17.3 Å². The molecule has 0 aliphatic heterocycles. The Bertz CT molecular complexity index is 545. The van der Waals surface area contributed by atoms with Gasteiger partial charge in [-0.3, -0.25) is 0 Å². The summed E-state index contributed by atoms with van der Waals surface area (Å²) in [7, 11) is 2.99. The molecule has 0 radical (unpaired) electrons. The van der Waals surface area contributed by atoms with Crippen LogP contribution in [0.5, 0.6) is 11.5 Å². The van der Waals surface area contributed by atoms with E-state index in [2.05, 4.69) is 4.74 Å². The molecule has 2 rings (SSSR count). The van der Waals surface area contributed by atoms with Gasteiger partial charge < -0.3 is 14.2 Å². The van der Waals surface area contributed by atoms with Crippen LogP contribution in [-0.2, 0) is 11.3 Å². The van der Waals surface area contributed by atoms with E-state index in [9.17, 15) is 4.79 Å². The lowest BCUT2D eigenvalue weighted by atomic mass is 10.3. The SMILES string of the molecule is COC(=O)c1ccc(COc2ccc(OC)cc2)s1. The molecule has 0 spiro atoms. The highest BCUT2D eigenvalue weighted by atomic mass is 32.1. The molecule has 0 saturated carbocycles. The fourth-order valence-corrected chi connectivity index (χ4v) is 2.33. The molecule has 0 bridgehead atoms. The minimum Gasteiger partial charge on any atom is -0.497 e. The summed E-state index contributed by atoms with van der Waals surface area (Å²) in [6.45, 7) is 0.425. The van der Waals surface area contributed by atoms with Gasteiger partial charge in [-0.2, -0.15) is 0 Å². The summed E-state index contributed by atoms with van der Waals surface area (Å²) >= 11 is 1.37. The first kappa shape index (κ1) is 13.4. The second-order valence-corrected chi connectivity index (χ2v) is 4.89. The van der Waals surface area contributed by atoms with E-state index in [4.69, 9.17) is 9.47 Å². The number of esters is 1. The van der Waals surface area contributed by atoms with E-state index in [0.29, 0.717) is 11.5 Å². The summed E-state index contributed by atoms with van der Waals surface area (Å²) in [4.78, 5) is 12.9. The van der Waals surface area contributed by atoms with Crippen molar-refractivity contribution in [2.75, 3.05) is 14.2 Å². The van der Waals surface area contributed by atoms with Gasteiger partial charge in [0.25, 0.3) is 0 Å². The van der Waals surface area contributed by atoms with Gasteiger partial charge in [0, 0.05) is 4.88 Å². The Morgan fingerprint density at radius 1 is 1.05 bits per heavy atom. The van der Waals surface area contributed by atoms with E-state index in [0.717, 1.165) is 16.4 Å². The normalized spacial score (nSPS) is 10.0. The molecular formula is C14H14O4S. The first-order valence-electron chi connectivity index (χ1n) is 5.67. The number of benzene rings is 1. The molecule has 1 heterocycles. The zero-order valence-electron chi connectivity index (χ0n) is 10.7. The number of carbonyl (C=O) groups is 1. The number of hydrogen-bond acceptors (Lipinski definition) is 5. The van der Waals surface area contributed by atoms with Crippen molar-refractivity contribution in [2.24, 2.45) is 0 Å². The van der Waals surface area contributed by atoms with Crippen LogP contribution in [-0.4, -0.2) is 20.2 Å². The molecule has 5 heteroatoms. The van der Waals surface area contributed by atoms with Gasteiger partial charge in [0.1, 0.15) is 23.0 Å². The summed E-state index contributed by atoms with van der Waals surface area (Å²) in [6.07, 6.45) is 0. The van der Waals surface area contributed by atoms with Gasteiger partial charge in [-0.1, -0.05) is 0 Å². The van der Waals surface area contributed by atoms with Crippen molar-refractivity contribution < 1.29 is 19.0 Å². The zero-order chi connectivity index (χ0) is 13.7. The Kier molecular flexibility index (Phi) is 4.41. The van der Waals surface area contributed by atoms with Crippen LogP contribution in [0.25, 0.3) is 0 Å². The number of methoxy groups -OCH3 is 2. The highest BCUT2D eigenvalue weighted by molar-refractivity contribution is 7.13. The molecule has 0 atom stereocenters. The molecule has 0 fully saturated rings. The summed E-state index contributed by atoms with van der Waals surface area (Å²) in [5.74, 6) is 1.23. The van der Waals surface area contributed by atoms with Gasteiger partial charge in [0.2, 0.25) is 0 Å². The quantitative estimate of drug-likeness (QED) is 0.788. The van der Waals surface area contributed by atoms with Crippen LogP contribution < -0.4 is 9.47 Å². The highest BCUT2D eigenvalue weighted by Crippen LogP contribution is 2.21. The maximum absolute atomic E-state index is 11.3. The second kappa shape index (κ2) is 6.24. The van der Waals surface area contributed by atoms with Crippen LogP contribution in [0.3, 0.4) is 0 Å². The van der Waals surface area contributed by atoms with Crippen molar-refractivity contribution in [3.63, 3.8) is 0 Å². The average Bonchev–Trinajstić information content (AvgIpc) is 2.93. The number of rotatable bonds is 5. The molecule has 0 amide bonds. The number of ether oxygens (including phenoxy) is 3. The third-order valence-electron chi connectivity index (χ3n) is 2.49. The topological polar surface area (TPSA) is 44.8 Å². The first-order chi connectivity index (χ1) is 9.22.